The first-order valence-electron chi connectivity index (χ1n) is 3.27. The fourth-order valence-electron chi connectivity index (χ4n) is 0.524. The van der Waals surface area contributed by atoms with Crippen molar-refractivity contribution in [1.29, 1.82) is 0 Å². The molecule has 0 rings (SSSR count). The number of aliphatic imine (C=N–C) groups is 1. The molecule has 4 heteroatoms. The van der Waals surface area contributed by atoms with Gasteiger partial charge in [0.05, 0.1) is 6.10 Å². The van der Waals surface area contributed by atoms with E-state index in [4.69, 9.17) is 5.11 Å². The topological polar surface area (TPSA) is 56.7 Å². The van der Waals surface area contributed by atoms with Crippen LogP contribution in [0.3, 0.4) is 0 Å². The van der Waals surface area contributed by atoms with Crippen molar-refractivity contribution < 1.29 is 5.11 Å². The molecule has 0 amide bonds. The van der Waals surface area contributed by atoms with Crippen molar-refractivity contribution in [1.82, 2.24) is 10.6 Å². The van der Waals surface area contributed by atoms with E-state index < -0.39 is 0 Å². The van der Waals surface area contributed by atoms with Gasteiger partial charge in [-0.3, -0.25) is 4.99 Å². The molecule has 0 saturated heterocycles. The molecule has 0 spiro atoms. The first-order valence-corrected chi connectivity index (χ1v) is 3.27. The molecule has 0 aromatic heterocycles. The maximum Gasteiger partial charge on any atom is 0.190 e. The lowest BCUT2D eigenvalue weighted by atomic mass is 10.4. The van der Waals surface area contributed by atoms with Crippen LogP contribution < -0.4 is 10.6 Å². The Labute approximate surface area is 61.4 Å². The molecule has 0 heterocycles. The van der Waals surface area contributed by atoms with Gasteiger partial charge >= 0.3 is 0 Å². The summed E-state index contributed by atoms with van der Waals surface area (Å²) < 4.78 is 0. The van der Waals surface area contributed by atoms with E-state index in [9.17, 15) is 0 Å². The number of aliphatic hydroxyl groups is 1. The van der Waals surface area contributed by atoms with Gasteiger partial charge in [-0.2, -0.15) is 0 Å². The van der Waals surface area contributed by atoms with Crippen molar-refractivity contribution in [3.8, 4) is 0 Å². The SMILES string of the molecule is CN=C(NC)NCC(C)O. The Morgan fingerprint density at radius 3 is 2.60 bits per heavy atom. The Bertz CT molecular complexity index is 112. The first-order chi connectivity index (χ1) is 4.70. The minimum atomic E-state index is -0.343. The minimum absolute atomic E-state index is 0.343. The predicted octanol–water partition coefficient (Wildman–Crippen LogP) is -0.838. The summed E-state index contributed by atoms with van der Waals surface area (Å²) in [6.45, 7) is 2.24. The molecule has 0 fully saturated rings. The molecule has 0 bridgehead atoms. The molecule has 0 aromatic rings. The van der Waals surface area contributed by atoms with Crippen molar-refractivity contribution in [2.45, 2.75) is 13.0 Å². The lowest BCUT2D eigenvalue weighted by Crippen LogP contribution is -2.38. The lowest BCUT2D eigenvalue weighted by Gasteiger charge is -2.09. The average molecular weight is 145 g/mol. The quantitative estimate of drug-likeness (QED) is 0.351. The number of nitrogens with zero attached hydrogens (tertiary/aromatic N) is 1. The maximum absolute atomic E-state index is 8.85. The zero-order valence-corrected chi connectivity index (χ0v) is 6.68. The molecule has 10 heavy (non-hydrogen) atoms. The van der Waals surface area contributed by atoms with Crippen LogP contribution in [0.5, 0.6) is 0 Å². The third kappa shape index (κ3) is 4.14. The Kier molecular flexibility index (Phi) is 4.66. The number of hydrogen-bond donors (Lipinski definition) is 3. The molecule has 1 atom stereocenters. The number of rotatable bonds is 2. The fourth-order valence-corrected chi connectivity index (χ4v) is 0.524. The van der Waals surface area contributed by atoms with Gasteiger partial charge in [-0.1, -0.05) is 0 Å². The van der Waals surface area contributed by atoms with Crippen molar-refractivity contribution >= 4 is 5.96 Å². The van der Waals surface area contributed by atoms with Crippen LogP contribution in [0, 0.1) is 0 Å². The molecular weight excluding hydrogens is 130 g/mol. The van der Waals surface area contributed by atoms with Gasteiger partial charge in [0.25, 0.3) is 0 Å². The number of guanidine groups is 1. The van der Waals surface area contributed by atoms with E-state index in [-0.39, 0.29) is 6.10 Å². The van der Waals surface area contributed by atoms with Crippen molar-refractivity contribution in [3.05, 3.63) is 0 Å². The van der Waals surface area contributed by atoms with E-state index in [0.29, 0.717) is 12.5 Å². The first kappa shape index (κ1) is 9.23. The van der Waals surface area contributed by atoms with Gasteiger partial charge in [-0.15, -0.1) is 0 Å². The summed E-state index contributed by atoms with van der Waals surface area (Å²) in [6, 6.07) is 0. The van der Waals surface area contributed by atoms with Crippen LogP contribution >= 0.6 is 0 Å². The molecular formula is C6H15N3O. The largest absolute Gasteiger partial charge is 0.392 e. The third-order valence-electron chi connectivity index (χ3n) is 1.03. The smallest absolute Gasteiger partial charge is 0.190 e. The van der Waals surface area contributed by atoms with E-state index in [2.05, 4.69) is 15.6 Å². The van der Waals surface area contributed by atoms with Crippen molar-refractivity contribution in [2.24, 2.45) is 4.99 Å². The predicted molar refractivity (Wildman–Crippen MR) is 42.1 cm³/mol. The van der Waals surface area contributed by atoms with Crippen LogP contribution in [0.15, 0.2) is 4.99 Å². The van der Waals surface area contributed by atoms with E-state index in [0.717, 1.165) is 0 Å². The van der Waals surface area contributed by atoms with Gasteiger partial charge in [0.2, 0.25) is 0 Å². The zero-order chi connectivity index (χ0) is 7.98. The van der Waals surface area contributed by atoms with Gasteiger partial charge < -0.3 is 15.7 Å². The molecule has 0 aliphatic heterocycles. The molecule has 4 nitrogen and oxygen atoms in total. The normalized spacial score (nSPS) is 14.6. The zero-order valence-electron chi connectivity index (χ0n) is 6.68. The van der Waals surface area contributed by atoms with Crippen LogP contribution in [-0.2, 0) is 0 Å². The summed E-state index contributed by atoms with van der Waals surface area (Å²) in [4.78, 5) is 3.86. The Morgan fingerprint density at radius 2 is 2.30 bits per heavy atom. The average Bonchev–Trinajstić information content (AvgIpc) is 1.90. The second kappa shape index (κ2) is 5.05. The van der Waals surface area contributed by atoms with E-state index in [1.165, 1.54) is 0 Å². The minimum Gasteiger partial charge on any atom is -0.392 e. The summed E-state index contributed by atoms with van der Waals surface area (Å²) in [5.74, 6) is 0.695. The Hall–Kier alpha value is -0.770. The van der Waals surface area contributed by atoms with Gasteiger partial charge in [0.1, 0.15) is 0 Å². The highest BCUT2D eigenvalue weighted by Gasteiger charge is 1.95. The molecule has 0 aromatic carbocycles. The third-order valence-corrected chi connectivity index (χ3v) is 1.03. The monoisotopic (exact) mass is 145 g/mol. The standard InChI is InChI=1S/C6H15N3O/c1-5(10)4-9-6(7-2)8-3/h5,10H,4H2,1-3H3,(H2,7,8,9). The highest BCUT2D eigenvalue weighted by Crippen LogP contribution is 1.73. The summed E-state index contributed by atoms with van der Waals surface area (Å²) in [7, 11) is 3.46. The van der Waals surface area contributed by atoms with Gasteiger partial charge in [0.15, 0.2) is 5.96 Å². The number of nitrogens with one attached hydrogen (secondary N) is 2. The summed E-state index contributed by atoms with van der Waals surface area (Å²) in [5.41, 5.74) is 0. The molecule has 0 aliphatic rings. The van der Waals surface area contributed by atoms with E-state index >= 15 is 0 Å². The van der Waals surface area contributed by atoms with Crippen LogP contribution in [0.4, 0.5) is 0 Å². The van der Waals surface area contributed by atoms with Crippen molar-refractivity contribution in [3.63, 3.8) is 0 Å². The number of aliphatic hydroxyl groups excluding tert-OH is 1. The molecule has 0 aliphatic carbocycles. The molecule has 0 radical (unpaired) electrons. The number of hydrogen-bond acceptors (Lipinski definition) is 2. The second-order valence-corrected chi connectivity index (χ2v) is 2.05. The molecule has 0 saturated carbocycles. The van der Waals surface area contributed by atoms with Gasteiger partial charge in [-0.25, -0.2) is 0 Å². The lowest BCUT2D eigenvalue weighted by molar-refractivity contribution is 0.197. The van der Waals surface area contributed by atoms with Crippen LogP contribution in [0.25, 0.3) is 0 Å². The van der Waals surface area contributed by atoms with Crippen LogP contribution in [-0.4, -0.2) is 37.8 Å². The molecule has 60 valence electrons. The van der Waals surface area contributed by atoms with Crippen molar-refractivity contribution in [2.75, 3.05) is 20.6 Å². The van der Waals surface area contributed by atoms with E-state index in [1.807, 2.05) is 0 Å². The Balaban J connectivity index is 3.46. The Morgan fingerprint density at radius 1 is 1.70 bits per heavy atom. The van der Waals surface area contributed by atoms with Gasteiger partial charge in [-0.05, 0) is 6.92 Å². The highest BCUT2D eigenvalue weighted by atomic mass is 16.3. The van der Waals surface area contributed by atoms with Gasteiger partial charge in [0, 0.05) is 20.6 Å². The summed E-state index contributed by atoms with van der Waals surface area (Å²) in [5, 5.41) is 14.6. The summed E-state index contributed by atoms with van der Waals surface area (Å²) >= 11 is 0. The summed E-state index contributed by atoms with van der Waals surface area (Å²) in [6.07, 6.45) is -0.343. The second-order valence-electron chi connectivity index (χ2n) is 2.05. The fraction of sp³-hybridized carbons (Fsp3) is 0.833. The van der Waals surface area contributed by atoms with E-state index in [1.54, 1.807) is 21.0 Å². The molecule has 3 N–H and O–H groups in total. The maximum atomic E-state index is 8.85. The van der Waals surface area contributed by atoms with Crippen LogP contribution in [0.2, 0.25) is 0 Å². The molecule has 1 unspecified atom stereocenters. The highest BCUT2D eigenvalue weighted by molar-refractivity contribution is 5.79. The van der Waals surface area contributed by atoms with Crippen LogP contribution in [0.1, 0.15) is 6.92 Å².